The number of pyridine rings is 1. The van der Waals surface area contributed by atoms with Gasteiger partial charge in [0.25, 0.3) is 0 Å². The van der Waals surface area contributed by atoms with Crippen LogP contribution in [-0.4, -0.2) is 16.2 Å². The fourth-order valence-corrected chi connectivity index (χ4v) is 1.34. The molecule has 0 bridgehead atoms. The lowest BCUT2D eigenvalue weighted by atomic mass is 10.1. The van der Waals surface area contributed by atoms with Gasteiger partial charge in [-0.25, -0.2) is 9.37 Å². The maximum Gasteiger partial charge on any atom is 0.166 e. The molecule has 0 amide bonds. The Bertz CT molecular complexity index is 317. The van der Waals surface area contributed by atoms with Crippen LogP contribution in [0.5, 0.6) is 0 Å². The van der Waals surface area contributed by atoms with E-state index in [1.54, 1.807) is 6.92 Å². The van der Waals surface area contributed by atoms with Crippen LogP contribution >= 0.6 is 23.2 Å². The van der Waals surface area contributed by atoms with Crippen molar-refractivity contribution in [3.63, 3.8) is 0 Å². The van der Waals surface area contributed by atoms with E-state index in [1.807, 2.05) is 0 Å². The molecule has 0 saturated heterocycles. The number of halogens is 3. The molecule has 0 radical (unpaired) electrons. The molecule has 0 fully saturated rings. The lowest BCUT2D eigenvalue weighted by Crippen LogP contribution is -2.06. The van der Waals surface area contributed by atoms with Crippen molar-refractivity contribution in [1.82, 2.24) is 4.98 Å². The van der Waals surface area contributed by atoms with Gasteiger partial charge in [-0.1, -0.05) is 23.2 Å². The minimum absolute atomic E-state index is 0.132. The van der Waals surface area contributed by atoms with Gasteiger partial charge in [0.05, 0.1) is 6.10 Å². The Balaban J connectivity index is 3.01. The summed E-state index contributed by atoms with van der Waals surface area (Å²) in [5.74, 6) is -0.623. The van der Waals surface area contributed by atoms with Gasteiger partial charge in [0.15, 0.2) is 11.0 Å². The van der Waals surface area contributed by atoms with E-state index in [1.165, 1.54) is 6.07 Å². The smallest absolute Gasteiger partial charge is 0.166 e. The Kier molecular flexibility index (Phi) is 3.47. The number of aromatic nitrogens is 1. The second-order valence-electron chi connectivity index (χ2n) is 2.76. The van der Waals surface area contributed by atoms with E-state index in [4.69, 9.17) is 28.3 Å². The number of aliphatic hydroxyl groups is 1. The summed E-state index contributed by atoms with van der Waals surface area (Å²) < 4.78 is 12.9. The average molecular weight is 224 g/mol. The fraction of sp³-hybridized carbons (Fsp3) is 0.375. The van der Waals surface area contributed by atoms with Crippen molar-refractivity contribution in [2.24, 2.45) is 0 Å². The Morgan fingerprint density at radius 1 is 1.54 bits per heavy atom. The number of rotatable bonds is 2. The van der Waals surface area contributed by atoms with Crippen LogP contribution < -0.4 is 0 Å². The molecule has 1 heterocycles. The van der Waals surface area contributed by atoms with E-state index in [-0.39, 0.29) is 16.7 Å². The highest BCUT2D eigenvalue weighted by molar-refractivity contribution is 6.32. The van der Waals surface area contributed by atoms with E-state index < -0.39 is 11.9 Å². The van der Waals surface area contributed by atoms with E-state index in [2.05, 4.69) is 4.98 Å². The molecule has 1 N–H and O–H groups in total. The van der Waals surface area contributed by atoms with Crippen molar-refractivity contribution >= 4 is 23.2 Å². The molecular formula is C8H8Cl2FNO. The van der Waals surface area contributed by atoms with Gasteiger partial charge in [0, 0.05) is 6.42 Å². The van der Waals surface area contributed by atoms with Crippen LogP contribution in [0.2, 0.25) is 10.3 Å². The Hall–Kier alpha value is -0.380. The Morgan fingerprint density at radius 3 is 2.69 bits per heavy atom. The Labute approximate surface area is 85.3 Å². The van der Waals surface area contributed by atoms with Crippen LogP contribution in [0.15, 0.2) is 6.07 Å². The van der Waals surface area contributed by atoms with Crippen molar-refractivity contribution in [3.8, 4) is 0 Å². The van der Waals surface area contributed by atoms with Crippen LogP contribution in [0.25, 0.3) is 0 Å². The summed E-state index contributed by atoms with van der Waals surface area (Å²) in [5.41, 5.74) is 0.457. The average Bonchev–Trinajstić information content (AvgIpc) is 1.99. The summed E-state index contributed by atoms with van der Waals surface area (Å²) >= 11 is 11.1. The van der Waals surface area contributed by atoms with Crippen molar-refractivity contribution in [1.29, 1.82) is 0 Å². The molecule has 1 aromatic heterocycles. The van der Waals surface area contributed by atoms with Gasteiger partial charge in [-0.05, 0) is 18.6 Å². The Morgan fingerprint density at radius 2 is 2.15 bits per heavy atom. The molecule has 0 aromatic carbocycles. The van der Waals surface area contributed by atoms with Gasteiger partial charge >= 0.3 is 0 Å². The third-order valence-corrected chi connectivity index (χ3v) is 2.07. The largest absolute Gasteiger partial charge is 0.393 e. The maximum absolute atomic E-state index is 12.9. The van der Waals surface area contributed by atoms with Crippen molar-refractivity contribution in [3.05, 3.63) is 27.8 Å². The van der Waals surface area contributed by atoms with Crippen LogP contribution in [0.3, 0.4) is 0 Å². The molecule has 0 aliphatic carbocycles. The number of hydrogen-bond donors (Lipinski definition) is 1. The second-order valence-corrected chi connectivity index (χ2v) is 3.48. The molecule has 1 atom stereocenters. The summed E-state index contributed by atoms with van der Waals surface area (Å²) in [6, 6.07) is 1.18. The third kappa shape index (κ3) is 2.79. The lowest BCUT2D eigenvalue weighted by molar-refractivity contribution is 0.195. The van der Waals surface area contributed by atoms with Crippen LogP contribution in [-0.2, 0) is 6.42 Å². The first-order valence-electron chi connectivity index (χ1n) is 3.69. The molecule has 13 heavy (non-hydrogen) atoms. The van der Waals surface area contributed by atoms with Crippen molar-refractivity contribution in [2.75, 3.05) is 0 Å². The first-order chi connectivity index (χ1) is 6.00. The van der Waals surface area contributed by atoms with E-state index in [9.17, 15) is 4.39 Å². The van der Waals surface area contributed by atoms with Crippen molar-refractivity contribution < 1.29 is 9.50 Å². The number of nitrogens with zero attached hydrogens (tertiary/aromatic N) is 1. The minimum Gasteiger partial charge on any atom is -0.393 e. The van der Waals surface area contributed by atoms with Crippen LogP contribution in [0, 0.1) is 5.82 Å². The molecule has 1 rings (SSSR count). The summed E-state index contributed by atoms with van der Waals surface area (Å²) in [7, 11) is 0. The highest BCUT2D eigenvalue weighted by Gasteiger charge is 2.10. The van der Waals surface area contributed by atoms with Gasteiger partial charge in [-0.3, -0.25) is 0 Å². The predicted molar refractivity (Wildman–Crippen MR) is 49.6 cm³/mol. The van der Waals surface area contributed by atoms with Gasteiger partial charge in [0.1, 0.15) is 5.15 Å². The second kappa shape index (κ2) is 4.22. The maximum atomic E-state index is 12.9. The van der Waals surface area contributed by atoms with Gasteiger partial charge in [0.2, 0.25) is 0 Å². The number of aliphatic hydroxyl groups excluding tert-OH is 1. The third-order valence-electron chi connectivity index (χ3n) is 1.47. The van der Waals surface area contributed by atoms with Gasteiger partial charge in [-0.2, -0.15) is 0 Å². The molecule has 0 spiro atoms. The zero-order valence-electron chi connectivity index (χ0n) is 6.89. The zero-order valence-corrected chi connectivity index (χ0v) is 8.40. The highest BCUT2D eigenvalue weighted by Crippen LogP contribution is 2.21. The summed E-state index contributed by atoms with van der Waals surface area (Å²) in [6.45, 7) is 1.59. The molecule has 0 aliphatic heterocycles. The normalized spacial score (nSPS) is 13.0. The molecule has 0 saturated carbocycles. The zero-order chi connectivity index (χ0) is 10.0. The quantitative estimate of drug-likeness (QED) is 0.782. The molecule has 0 unspecified atom stereocenters. The van der Waals surface area contributed by atoms with Gasteiger partial charge in [-0.15, -0.1) is 0 Å². The molecule has 0 aliphatic rings. The monoisotopic (exact) mass is 223 g/mol. The lowest BCUT2D eigenvalue weighted by Gasteiger charge is -2.06. The predicted octanol–water partition coefficient (Wildman–Crippen LogP) is 2.45. The minimum atomic E-state index is -0.623. The standard InChI is InChI=1S/C8H8Cl2FNO/c1-4(13)2-5-3-6(11)8(10)12-7(5)9/h3-4,13H,2H2,1H3/t4-/m1/s1. The molecule has 72 valence electrons. The summed E-state index contributed by atoms with van der Waals surface area (Å²) in [6.07, 6.45) is -0.320. The van der Waals surface area contributed by atoms with E-state index in [0.717, 1.165) is 0 Å². The van der Waals surface area contributed by atoms with Gasteiger partial charge < -0.3 is 5.11 Å². The summed E-state index contributed by atoms with van der Waals surface area (Å²) in [5, 5.41) is 8.93. The molecule has 5 heteroatoms. The topological polar surface area (TPSA) is 33.1 Å². The number of hydrogen-bond acceptors (Lipinski definition) is 2. The van der Waals surface area contributed by atoms with Crippen LogP contribution in [0.4, 0.5) is 4.39 Å². The first kappa shape index (κ1) is 10.7. The molecule has 1 aromatic rings. The first-order valence-corrected chi connectivity index (χ1v) is 4.44. The van der Waals surface area contributed by atoms with E-state index >= 15 is 0 Å². The molecule has 2 nitrogen and oxygen atoms in total. The van der Waals surface area contributed by atoms with E-state index in [0.29, 0.717) is 5.56 Å². The molecular weight excluding hydrogens is 216 g/mol. The summed E-state index contributed by atoms with van der Waals surface area (Å²) in [4.78, 5) is 3.57. The fourth-order valence-electron chi connectivity index (χ4n) is 0.945. The SMILES string of the molecule is C[C@@H](O)Cc1cc(F)c(Cl)nc1Cl. The van der Waals surface area contributed by atoms with Crippen LogP contribution in [0.1, 0.15) is 12.5 Å². The van der Waals surface area contributed by atoms with Crippen molar-refractivity contribution in [2.45, 2.75) is 19.4 Å². The highest BCUT2D eigenvalue weighted by atomic mass is 35.5.